The minimum atomic E-state index is -0.826. The summed E-state index contributed by atoms with van der Waals surface area (Å²) in [5, 5.41) is 12.7. The van der Waals surface area contributed by atoms with Crippen molar-refractivity contribution in [2.75, 3.05) is 6.54 Å². The second kappa shape index (κ2) is 7.56. The van der Waals surface area contributed by atoms with Crippen LogP contribution in [0.1, 0.15) is 33.1 Å². The number of nitrogens with zero attached hydrogens (tertiary/aromatic N) is 3. The number of carboxylic acids is 1. The molecule has 0 saturated heterocycles. The van der Waals surface area contributed by atoms with E-state index in [4.69, 9.17) is 5.11 Å². The summed E-state index contributed by atoms with van der Waals surface area (Å²) in [6.07, 6.45) is 4.46. The van der Waals surface area contributed by atoms with E-state index in [1.165, 1.54) is 0 Å². The van der Waals surface area contributed by atoms with Crippen LogP contribution < -0.4 is 0 Å². The van der Waals surface area contributed by atoms with Gasteiger partial charge in [0.25, 0.3) is 0 Å². The van der Waals surface area contributed by atoms with E-state index in [1.54, 1.807) is 15.8 Å². The van der Waals surface area contributed by atoms with Gasteiger partial charge < -0.3 is 10.0 Å². The van der Waals surface area contributed by atoms with E-state index >= 15 is 0 Å². The Morgan fingerprint density at radius 2 is 2.11 bits per heavy atom. The summed E-state index contributed by atoms with van der Waals surface area (Å²) in [7, 11) is 0. The van der Waals surface area contributed by atoms with Crippen LogP contribution in [0, 0.1) is 0 Å². The van der Waals surface area contributed by atoms with Crippen LogP contribution in [0.2, 0.25) is 0 Å². The summed E-state index contributed by atoms with van der Waals surface area (Å²) in [4.78, 5) is 24.3. The van der Waals surface area contributed by atoms with Crippen molar-refractivity contribution in [1.29, 1.82) is 0 Å². The van der Waals surface area contributed by atoms with E-state index in [0.717, 1.165) is 0 Å². The zero-order valence-electron chi connectivity index (χ0n) is 11.5. The second-order valence-corrected chi connectivity index (χ2v) is 4.70. The third kappa shape index (κ3) is 5.54. The number of carbonyl (C=O) groups is 2. The summed E-state index contributed by atoms with van der Waals surface area (Å²) >= 11 is 0. The molecule has 1 amide bonds. The fourth-order valence-corrected chi connectivity index (χ4v) is 1.86. The Morgan fingerprint density at radius 1 is 1.37 bits per heavy atom. The van der Waals surface area contributed by atoms with Gasteiger partial charge in [-0.2, -0.15) is 5.10 Å². The molecule has 106 valence electrons. The van der Waals surface area contributed by atoms with Crippen molar-refractivity contribution in [1.82, 2.24) is 14.7 Å². The van der Waals surface area contributed by atoms with Crippen molar-refractivity contribution in [2.24, 2.45) is 0 Å². The lowest BCUT2D eigenvalue weighted by atomic mass is 10.2. The minimum Gasteiger partial charge on any atom is -0.481 e. The molecule has 1 N–H and O–H groups in total. The molecule has 1 aromatic rings. The van der Waals surface area contributed by atoms with Crippen molar-refractivity contribution in [3.8, 4) is 0 Å². The van der Waals surface area contributed by atoms with E-state index < -0.39 is 5.97 Å². The molecule has 0 aliphatic carbocycles. The number of carbonyl (C=O) groups excluding carboxylic acids is 1. The first kappa shape index (κ1) is 15.2. The molecule has 1 rings (SSSR count). The number of hydrogen-bond acceptors (Lipinski definition) is 3. The van der Waals surface area contributed by atoms with E-state index in [2.05, 4.69) is 5.10 Å². The van der Waals surface area contributed by atoms with E-state index in [9.17, 15) is 9.59 Å². The van der Waals surface area contributed by atoms with Gasteiger partial charge in [-0.15, -0.1) is 0 Å². The molecule has 1 heterocycles. The minimum absolute atomic E-state index is 0.0379. The number of hydrogen-bond donors (Lipinski definition) is 1. The van der Waals surface area contributed by atoms with E-state index in [0.29, 0.717) is 25.9 Å². The molecule has 19 heavy (non-hydrogen) atoms. The Morgan fingerprint density at radius 3 is 2.63 bits per heavy atom. The molecular formula is C13H21N3O3. The third-order valence-electron chi connectivity index (χ3n) is 2.85. The zero-order chi connectivity index (χ0) is 14.3. The van der Waals surface area contributed by atoms with Crippen LogP contribution in [0.3, 0.4) is 0 Å². The normalized spacial score (nSPS) is 10.7. The average Bonchev–Trinajstić information content (AvgIpc) is 2.84. The van der Waals surface area contributed by atoms with Crippen LogP contribution in [0.4, 0.5) is 0 Å². The summed E-state index contributed by atoms with van der Waals surface area (Å²) in [6.45, 7) is 4.91. The number of aromatic nitrogens is 2. The molecule has 0 spiro atoms. The molecule has 0 unspecified atom stereocenters. The first-order valence-corrected chi connectivity index (χ1v) is 6.49. The van der Waals surface area contributed by atoms with Gasteiger partial charge >= 0.3 is 5.97 Å². The fourth-order valence-electron chi connectivity index (χ4n) is 1.86. The summed E-state index contributed by atoms with van der Waals surface area (Å²) in [6, 6.07) is 1.90. The number of amides is 1. The highest BCUT2D eigenvalue weighted by Crippen LogP contribution is 2.06. The number of rotatable bonds is 8. The summed E-state index contributed by atoms with van der Waals surface area (Å²) in [5.74, 6) is -0.788. The van der Waals surface area contributed by atoms with Crippen LogP contribution >= 0.6 is 0 Å². The third-order valence-corrected chi connectivity index (χ3v) is 2.85. The molecule has 0 atom stereocenters. The molecule has 0 fully saturated rings. The fraction of sp³-hybridized carbons (Fsp3) is 0.615. The predicted molar refractivity (Wildman–Crippen MR) is 70.6 cm³/mol. The largest absolute Gasteiger partial charge is 0.481 e. The van der Waals surface area contributed by atoms with Crippen LogP contribution in [0.5, 0.6) is 0 Å². The van der Waals surface area contributed by atoms with Crippen LogP contribution in [0.25, 0.3) is 0 Å². The average molecular weight is 267 g/mol. The molecule has 0 aliphatic heterocycles. The van der Waals surface area contributed by atoms with Crippen LogP contribution in [0.15, 0.2) is 18.5 Å². The smallest absolute Gasteiger partial charge is 0.303 e. The summed E-state index contributed by atoms with van der Waals surface area (Å²) < 4.78 is 1.72. The highest BCUT2D eigenvalue weighted by Gasteiger charge is 2.16. The lowest BCUT2D eigenvalue weighted by Gasteiger charge is -2.26. The molecule has 6 nitrogen and oxygen atoms in total. The maximum absolute atomic E-state index is 12.1. The number of aliphatic carboxylic acids is 1. The zero-order valence-corrected chi connectivity index (χ0v) is 11.5. The van der Waals surface area contributed by atoms with Crippen LogP contribution in [-0.4, -0.2) is 44.3 Å². The van der Waals surface area contributed by atoms with E-state index in [-0.39, 0.29) is 18.4 Å². The van der Waals surface area contributed by atoms with E-state index in [1.807, 2.05) is 26.1 Å². The highest BCUT2D eigenvalue weighted by molar-refractivity contribution is 5.76. The van der Waals surface area contributed by atoms with Gasteiger partial charge in [-0.3, -0.25) is 14.3 Å². The quantitative estimate of drug-likeness (QED) is 0.772. The maximum atomic E-state index is 12.1. The molecule has 0 radical (unpaired) electrons. The number of aryl methyl sites for hydroxylation is 1. The maximum Gasteiger partial charge on any atom is 0.303 e. The van der Waals surface area contributed by atoms with Gasteiger partial charge in [0, 0.05) is 44.4 Å². The van der Waals surface area contributed by atoms with Gasteiger partial charge in [-0.1, -0.05) is 0 Å². The Balaban J connectivity index is 2.41. The highest BCUT2D eigenvalue weighted by atomic mass is 16.4. The second-order valence-electron chi connectivity index (χ2n) is 4.70. The molecule has 6 heteroatoms. The van der Waals surface area contributed by atoms with Gasteiger partial charge in [-0.05, 0) is 26.3 Å². The van der Waals surface area contributed by atoms with Crippen molar-refractivity contribution in [3.05, 3.63) is 18.5 Å². The molecule has 0 aliphatic rings. The summed E-state index contributed by atoms with van der Waals surface area (Å²) in [5.41, 5.74) is 0. The van der Waals surface area contributed by atoms with Crippen LogP contribution in [-0.2, 0) is 16.1 Å². The Kier molecular flexibility index (Phi) is 6.05. The van der Waals surface area contributed by atoms with Gasteiger partial charge in [0.05, 0.1) is 0 Å². The molecule has 1 aromatic heterocycles. The SMILES string of the molecule is CC(C)N(CCCC(=O)O)C(=O)CCn1cccn1. The Hall–Kier alpha value is -1.85. The van der Waals surface area contributed by atoms with Crippen molar-refractivity contribution in [2.45, 2.75) is 45.7 Å². The van der Waals surface area contributed by atoms with Gasteiger partial charge in [0.1, 0.15) is 0 Å². The monoisotopic (exact) mass is 267 g/mol. The molecule has 0 saturated carbocycles. The first-order chi connectivity index (χ1) is 9.00. The Bertz CT molecular complexity index is 401. The van der Waals surface area contributed by atoms with Gasteiger partial charge in [-0.25, -0.2) is 0 Å². The molecule has 0 aromatic carbocycles. The van der Waals surface area contributed by atoms with Crippen molar-refractivity contribution < 1.29 is 14.7 Å². The number of carboxylic acid groups (broad SMARTS) is 1. The Labute approximate surface area is 113 Å². The predicted octanol–water partition coefficient (Wildman–Crippen LogP) is 1.37. The lowest BCUT2D eigenvalue weighted by Crippen LogP contribution is -2.38. The molecule has 0 bridgehead atoms. The van der Waals surface area contributed by atoms with Crippen molar-refractivity contribution in [3.63, 3.8) is 0 Å². The molecular weight excluding hydrogens is 246 g/mol. The lowest BCUT2D eigenvalue weighted by molar-refractivity contribution is -0.138. The van der Waals surface area contributed by atoms with Crippen molar-refractivity contribution >= 4 is 11.9 Å². The van der Waals surface area contributed by atoms with Gasteiger partial charge in [0.15, 0.2) is 0 Å². The topological polar surface area (TPSA) is 75.4 Å². The first-order valence-electron chi connectivity index (χ1n) is 6.49. The van der Waals surface area contributed by atoms with Gasteiger partial charge in [0.2, 0.25) is 5.91 Å². The standard InChI is InChI=1S/C13H21N3O3/c1-11(2)16(9-3-5-13(18)19)12(17)6-10-15-8-4-7-14-15/h4,7-8,11H,3,5-6,9-10H2,1-2H3,(H,18,19).